The molecule has 2 aromatic heterocycles. The van der Waals surface area contributed by atoms with Gasteiger partial charge in [0.1, 0.15) is 5.75 Å². The molecule has 0 amide bonds. The van der Waals surface area contributed by atoms with E-state index >= 15 is 0 Å². The summed E-state index contributed by atoms with van der Waals surface area (Å²) in [6.45, 7) is 4.63. The Morgan fingerprint density at radius 2 is 1.90 bits per heavy atom. The third-order valence-corrected chi connectivity index (χ3v) is 6.15. The van der Waals surface area contributed by atoms with Gasteiger partial charge >= 0.3 is 0 Å². The highest BCUT2D eigenvalue weighted by atomic mass is 16.3. The normalized spacial score (nSPS) is 27.4. The topological polar surface area (TPSA) is 75.9 Å². The van der Waals surface area contributed by atoms with Crippen LogP contribution in [0.1, 0.15) is 45.2 Å². The molecule has 29 heavy (non-hydrogen) atoms. The molecule has 6 heteroatoms. The van der Waals surface area contributed by atoms with Crippen molar-refractivity contribution in [2.75, 3.05) is 0 Å². The predicted molar refractivity (Wildman–Crippen MR) is 113 cm³/mol. The summed E-state index contributed by atoms with van der Waals surface area (Å²) in [5.74, 6) is 0.174. The van der Waals surface area contributed by atoms with Crippen molar-refractivity contribution < 1.29 is 5.11 Å². The quantitative estimate of drug-likeness (QED) is 0.707. The molecule has 0 radical (unpaired) electrons. The Hall–Kier alpha value is -2.99. The van der Waals surface area contributed by atoms with Crippen molar-refractivity contribution in [1.29, 1.82) is 0 Å². The summed E-state index contributed by atoms with van der Waals surface area (Å²) in [6, 6.07) is 5.50. The lowest BCUT2D eigenvalue weighted by Crippen LogP contribution is -2.51. The van der Waals surface area contributed by atoms with Gasteiger partial charge in [-0.05, 0) is 57.7 Å². The Kier molecular flexibility index (Phi) is 4.06. The highest BCUT2D eigenvalue weighted by Gasteiger charge is 2.46. The average Bonchev–Trinajstić information content (AvgIpc) is 3.28. The van der Waals surface area contributed by atoms with Gasteiger partial charge in [-0.2, -0.15) is 0 Å². The van der Waals surface area contributed by atoms with Crippen molar-refractivity contribution in [3.63, 3.8) is 0 Å². The number of aromatic nitrogens is 4. The number of phenolic OH excluding ortho intramolecular Hbond substituents is 1. The SMILES string of the molecule is C[C@]12CC[C@](C)(C/C(=C\c3cnc(-c4ccc(-n5ccnc5)cc4O)cn3)C1)N2. The van der Waals surface area contributed by atoms with Crippen LogP contribution in [0, 0.1) is 0 Å². The van der Waals surface area contributed by atoms with Crippen molar-refractivity contribution in [3.8, 4) is 22.7 Å². The van der Waals surface area contributed by atoms with Crippen LogP contribution < -0.4 is 5.32 Å². The fourth-order valence-corrected chi connectivity index (χ4v) is 4.91. The first-order valence-electron chi connectivity index (χ1n) is 10.0. The van der Waals surface area contributed by atoms with E-state index < -0.39 is 0 Å². The molecular formula is C23H25N5O. The van der Waals surface area contributed by atoms with E-state index in [-0.39, 0.29) is 16.8 Å². The highest BCUT2D eigenvalue weighted by Crippen LogP contribution is 2.44. The summed E-state index contributed by atoms with van der Waals surface area (Å²) in [6.07, 6.45) is 15.5. The maximum atomic E-state index is 10.5. The zero-order chi connectivity index (χ0) is 20.1. The van der Waals surface area contributed by atoms with Crippen LogP contribution in [-0.2, 0) is 0 Å². The molecule has 0 saturated carbocycles. The van der Waals surface area contributed by atoms with Gasteiger partial charge < -0.3 is 15.0 Å². The van der Waals surface area contributed by atoms with Crippen molar-refractivity contribution in [2.24, 2.45) is 0 Å². The summed E-state index contributed by atoms with van der Waals surface area (Å²) in [5, 5.41) is 14.3. The maximum absolute atomic E-state index is 10.5. The number of benzene rings is 1. The molecule has 2 fully saturated rings. The molecule has 2 atom stereocenters. The molecule has 4 heterocycles. The number of aromatic hydroxyl groups is 1. The number of phenols is 1. The van der Waals surface area contributed by atoms with E-state index in [1.807, 2.05) is 22.9 Å². The average molecular weight is 387 g/mol. The van der Waals surface area contributed by atoms with Crippen LogP contribution >= 0.6 is 0 Å². The van der Waals surface area contributed by atoms with Crippen LogP contribution in [0.15, 0.2) is 54.9 Å². The Bertz CT molecular complexity index is 1050. The van der Waals surface area contributed by atoms with Crippen LogP contribution in [0.25, 0.3) is 23.0 Å². The number of hydrogen-bond donors (Lipinski definition) is 2. The molecule has 6 nitrogen and oxygen atoms in total. The standard InChI is InChI=1S/C23H25N5O/c1-22-5-6-23(2,27-22)12-16(11-22)9-17-13-26-20(14-25-17)19-4-3-18(10-21(19)29)28-8-7-24-15-28/h3-4,7-10,13-15,27,29H,5-6,11-12H2,1-2H3/b16-9-/t22-,23+/m0/s1. The summed E-state index contributed by atoms with van der Waals surface area (Å²) in [7, 11) is 0. The van der Waals surface area contributed by atoms with Gasteiger partial charge in [-0.25, -0.2) is 4.98 Å². The van der Waals surface area contributed by atoms with Crippen LogP contribution in [0.3, 0.4) is 0 Å². The van der Waals surface area contributed by atoms with Crippen molar-refractivity contribution in [1.82, 2.24) is 24.8 Å². The zero-order valence-electron chi connectivity index (χ0n) is 16.8. The van der Waals surface area contributed by atoms with Crippen LogP contribution in [0.4, 0.5) is 0 Å². The molecule has 2 N–H and O–H groups in total. The molecule has 2 aliphatic heterocycles. The minimum absolute atomic E-state index is 0.174. The first kappa shape index (κ1) is 18.1. The third kappa shape index (κ3) is 3.44. The molecule has 0 unspecified atom stereocenters. The smallest absolute Gasteiger partial charge is 0.127 e. The summed E-state index contributed by atoms with van der Waals surface area (Å²) in [4.78, 5) is 13.2. The number of hydrogen-bond acceptors (Lipinski definition) is 5. The first-order valence-corrected chi connectivity index (χ1v) is 10.0. The predicted octanol–water partition coefficient (Wildman–Crippen LogP) is 4.11. The van der Waals surface area contributed by atoms with Gasteiger partial charge in [-0.3, -0.25) is 9.97 Å². The number of imidazole rings is 1. The molecule has 2 bridgehead atoms. The zero-order valence-corrected chi connectivity index (χ0v) is 16.8. The second-order valence-corrected chi connectivity index (χ2v) is 8.90. The van der Waals surface area contributed by atoms with Crippen molar-refractivity contribution >= 4 is 6.08 Å². The summed E-state index contributed by atoms with van der Waals surface area (Å²) < 4.78 is 1.84. The van der Waals surface area contributed by atoms with Crippen molar-refractivity contribution in [2.45, 2.75) is 50.6 Å². The molecule has 0 spiro atoms. The van der Waals surface area contributed by atoms with E-state index in [0.717, 1.165) is 24.2 Å². The Morgan fingerprint density at radius 1 is 1.10 bits per heavy atom. The van der Waals surface area contributed by atoms with E-state index in [4.69, 9.17) is 0 Å². The molecular weight excluding hydrogens is 362 g/mol. The molecule has 148 valence electrons. The van der Waals surface area contributed by atoms with Gasteiger partial charge in [0.2, 0.25) is 0 Å². The third-order valence-electron chi connectivity index (χ3n) is 6.15. The van der Waals surface area contributed by atoms with Crippen LogP contribution in [0.5, 0.6) is 5.75 Å². The lowest BCUT2D eigenvalue weighted by molar-refractivity contribution is 0.282. The first-order chi connectivity index (χ1) is 13.9. The number of piperidine rings is 1. The highest BCUT2D eigenvalue weighted by molar-refractivity contribution is 5.68. The largest absolute Gasteiger partial charge is 0.507 e. The minimum atomic E-state index is 0.174. The second kappa shape index (κ2) is 6.52. The van der Waals surface area contributed by atoms with E-state index in [2.05, 4.69) is 40.2 Å². The second-order valence-electron chi connectivity index (χ2n) is 8.90. The monoisotopic (exact) mass is 387 g/mol. The summed E-state index contributed by atoms with van der Waals surface area (Å²) >= 11 is 0. The fraction of sp³-hybridized carbons (Fsp3) is 0.348. The molecule has 5 rings (SSSR count). The number of rotatable bonds is 3. The Morgan fingerprint density at radius 3 is 2.52 bits per heavy atom. The Labute approximate surface area is 170 Å². The molecule has 2 saturated heterocycles. The van der Waals surface area contributed by atoms with E-state index in [1.165, 1.54) is 18.4 Å². The molecule has 0 aliphatic carbocycles. The number of nitrogens with zero attached hydrogens (tertiary/aromatic N) is 4. The molecule has 1 aromatic carbocycles. The minimum Gasteiger partial charge on any atom is -0.507 e. The van der Waals surface area contributed by atoms with Gasteiger partial charge in [0.25, 0.3) is 0 Å². The van der Waals surface area contributed by atoms with Gasteiger partial charge in [0.05, 0.1) is 35.8 Å². The lowest BCUT2D eigenvalue weighted by atomic mass is 9.84. The fourth-order valence-electron chi connectivity index (χ4n) is 4.91. The van der Waals surface area contributed by atoms with Gasteiger partial charge in [0, 0.05) is 35.1 Å². The van der Waals surface area contributed by atoms with Crippen molar-refractivity contribution in [3.05, 3.63) is 60.6 Å². The van der Waals surface area contributed by atoms with Crippen LogP contribution in [0.2, 0.25) is 0 Å². The van der Waals surface area contributed by atoms with E-state index in [9.17, 15) is 5.11 Å². The van der Waals surface area contributed by atoms with Gasteiger partial charge in [0.15, 0.2) is 0 Å². The number of nitrogens with one attached hydrogen (secondary N) is 1. The van der Waals surface area contributed by atoms with E-state index in [0.29, 0.717) is 11.3 Å². The van der Waals surface area contributed by atoms with Crippen LogP contribution in [-0.4, -0.2) is 35.7 Å². The van der Waals surface area contributed by atoms with Gasteiger partial charge in [-0.1, -0.05) is 5.57 Å². The lowest BCUT2D eigenvalue weighted by Gasteiger charge is -2.38. The number of fused-ring (bicyclic) bond motifs is 2. The Balaban J connectivity index is 1.38. The summed E-state index contributed by atoms with van der Waals surface area (Å²) in [5.41, 5.74) is 4.88. The maximum Gasteiger partial charge on any atom is 0.127 e. The molecule has 3 aromatic rings. The van der Waals surface area contributed by atoms with Gasteiger partial charge in [-0.15, -0.1) is 0 Å². The van der Waals surface area contributed by atoms with E-state index in [1.54, 1.807) is 31.0 Å². The molecule has 2 aliphatic rings.